The van der Waals surface area contributed by atoms with Crippen molar-refractivity contribution in [1.82, 2.24) is 0 Å². The maximum Gasteiger partial charge on any atom is 0.277 e. The third-order valence-corrected chi connectivity index (χ3v) is 5.87. The quantitative estimate of drug-likeness (QED) is 0.455. The van der Waals surface area contributed by atoms with Crippen LogP contribution < -0.4 is 9.61 Å². The van der Waals surface area contributed by atoms with Gasteiger partial charge in [-0.05, 0) is 29.9 Å². The second-order valence-corrected chi connectivity index (χ2v) is 8.86. The Labute approximate surface area is 111 Å². The largest absolute Gasteiger partial charge is 0.539 e. The molecule has 5 heteroatoms. The zero-order valence-corrected chi connectivity index (χ0v) is 11.7. The Balaban J connectivity index is 2.28. The van der Waals surface area contributed by atoms with Gasteiger partial charge in [0.15, 0.2) is 0 Å². The molecule has 19 heavy (non-hydrogen) atoms. The minimum Gasteiger partial charge on any atom is -0.539 e. The van der Waals surface area contributed by atoms with Gasteiger partial charge in [-0.15, -0.1) is 0 Å². The van der Waals surface area contributed by atoms with Gasteiger partial charge >= 0.3 is 0 Å². The second-order valence-electron chi connectivity index (χ2n) is 5.10. The normalized spacial score (nSPS) is 15.1. The van der Waals surface area contributed by atoms with E-state index in [0.29, 0.717) is 0 Å². The number of hydrogen-bond acceptors (Lipinski definition) is 3. The number of non-ortho nitro benzene ring substituents is 1. The average molecular weight is 271 g/mol. The van der Waals surface area contributed by atoms with Gasteiger partial charge in [-0.2, -0.15) is 0 Å². The smallest absolute Gasteiger partial charge is 0.277 e. The van der Waals surface area contributed by atoms with Crippen LogP contribution in [-0.2, 0) is 0 Å². The summed E-state index contributed by atoms with van der Waals surface area (Å²) in [4.78, 5) is 10.5. The first-order chi connectivity index (χ1) is 8.99. The van der Waals surface area contributed by atoms with Crippen LogP contribution in [0, 0.1) is 10.1 Å². The summed E-state index contributed by atoms with van der Waals surface area (Å²) in [6.07, 6.45) is 0. The van der Waals surface area contributed by atoms with E-state index in [2.05, 4.69) is 19.2 Å². The molecule has 1 heterocycles. The van der Waals surface area contributed by atoms with Gasteiger partial charge in [-0.3, -0.25) is 10.1 Å². The zero-order valence-electron chi connectivity index (χ0n) is 10.7. The molecule has 0 aromatic heterocycles. The Bertz CT molecular complexity index is 682. The number of nitro groups is 1. The fourth-order valence-electron chi connectivity index (χ4n) is 2.50. The molecule has 0 fully saturated rings. The summed E-state index contributed by atoms with van der Waals surface area (Å²) < 4.78 is 6.10. The van der Waals surface area contributed by atoms with Gasteiger partial charge in [0.05, 0.1) is 4.92 Å². The molecule has 0 saturated heterocycles. The van der Waals surface area contributed by atoms with Crippen LogP contribution in [0.15, 0.2) is 42.5 Å². The number of nitro benzene ring substituents is 1. The highest BCUT2D eigenvalue weighted by Gasteiger charge is 2.35. The molecule has 0 unspecified atom stereocenters. The monoisotopic (exact) mass is 271 g/mol. The lowest BCUT2D eigenvalue weighted by atomic mass is 10.0. The van der Waals surface area contributed by atoms with E-state index in [0.717, 1.165) is 16.9 Å². The molecule has 1 aliphatic heterocycles. The van der Waals surface area contributed by atoms with E-state index < -0.39 is 8.32 Å². The molecule has 4 nitrogen and oxygen atoms in total. The summed E-state index contributed by atoms with van der Waals surface area (Å²) in [6, 6.07) is 12.8. The first-order valence-corrected chi connectivity index (χ1v) is 8.97. The van der Waals surface area contributed by atoms with Gasteiger partial charge in [0, 0.05) is 17.7 Å². The Kier molecular flexibility index (Phi) is 2.46. The van der Waals surface area contributed by atoms with Crippen LogP contribution in [0.4, 0.5) is 5.69 Å². The van der Waals surface area contributed by atoms with Gasteiger partial charge < -0.3 is 4.43 Å². The summed E-state index contributed by atoms with van der Waals surface area (Å²) in [5.41, 5.74) is 1.97. The van der Waals surface area contributed by atoms with Crippen molar-refractivity contribution in [2.45, 2.75) is 13.1 Å². The van der Waals surface area contributed by atoms with Crippen molar-refractivity contribution in [3.63, 3.8) is 0 Å². The number of fused-ring (bicyclic) bond motifs is 3. The molecule has 0 aliphatic carbocycles. The summed E-state index contributed by atoms with van der Waals surface area (Å²) in [7, 11) is -1.98. The van der Waals surface area contributed by atoms with Crippen molar-refractivity contribution in [3.05, 3.63) is 52.6 Å². The molecule has 0 saturated carbocycles. The van der Waals surface area contributed by atoms with Gasteiger partial charge in [-0.25, -0.2) is 0 Å². The predicted octanol–water partition coefficient (Wildman–Crippen LogP) is 3.07. The molecule has 0 N–H and O–H groups in total. The van der Waals surface area contributed by atoms with E-state index in [-0.39, 0.29) is 10.6 Å². The zero-order chi connectivity index (χ0) is 13.6. The fraction of sp³-hybridized carbons (Fsp3) is 0.143. The maximum absolute atomic E-state index is 10.9. The molecule has 0 bridgehead atoms. The number of nitrogens with zero attached hydrogens (tertiary/aromatic N) is 1. The minimum atomic E-state index is -1.98. The van der Waals surface area contributed by atoms with Crippen LogP contribution in [0.2, 0.25) is 13.1 Å². The van der Waals surface area contributed by atoms with Crippen LogP contribution in [0.1, 0.15) is 0 Å². The van der Waals surface area contributed by atoms with E-state index >= 15 is 0 Å². The van der Waals surface area contributed by atoms with Gasteiger partial charge in [0.25, 0.3) is 14.0 Å². The summed E-state index contributed by atoms with van der Waals surface area (Å²) >= 11 is 0. The van der Waals surface area contributed by atoms with Crippen molar-refractivity contribution in [3.8, 4) is 16.9 Å². The van der Waals surface area contributed by atoms with Crippen LogP contribution in [0.5, 0.6) is 5.75 Å². The molecule has 2 aromatic carbocycles. The molecule has 0 amide bonds. The Morgan fingerprint density at radius 1 is 1.11 bits per heavy atom. The van der Waals surface area contributed by atoms with Gasteiger partial charge in [0.1, 0.15) is 5.75 Å². The van der Waals surface area contributed by atoms with Gasteiger partial charge in [-0.1, -0.05) is 24.3 Å². The van der Waals surface area contributed by atoms with E-state index in [1.165, 1.54) is 11.3 Å². The Morgan fingerprint density at radius 3 is 2.58 bits per heavy atom. The standard InChI is InChI=1S/C14H13NO3Si/c1-19(2)14-6-4-3-5-11(14)12-9-10(15(16)17)7-8-13(12)18-19/h3-9H,1-2H3. The number of hydrogen-bond donors (Lipinski definition) is 0. The molecular weight excluding hydrogens is 258 g/mol. The average Bonchev–Trinajstić information content (AvgIpc) is 2.38. The lowest BCUT2D eigenvalue weighted by molar-refractivity contribution is -0.384. The molecule has 3 rings (SSSR count). The molecule has 96 valence electrons. The van der Waals surface area contributed by atoms with Crippen molar-refractivity contribution >= 4 is 19.2 Å². The highest BCUT2D eigenvalue weighted by Crippen LogP contribution is 2.38. The van der Waals surface area contributed by atoms with Gasteiger partial charge in [0.2, 0.25) is 0 Å². The van der Waals surface area contributed by atoms with Crippen LogP contribution in [0.3, 0.4) is 0 Å². The fourth-order valence-corrected chi connectivity index (χ4v) is 4.71. The highest BCUT2D eigenvalue weighted by molar-refractivity contribution is 6.86. The summed E-state index contributed by atoms with van der Waals surface area (Å²) in [5.74, 6) is 0.751. The minimum absolute atomic E-state index is 0.0959. The number of rotatable bonds is 1. The van der Waals surface area contributed by atoms with E-state index in [9.17, 15) is 10.1 Å². The molecule has 0 atom stereocenters. The molecule has 0 radical (unpaired) electrons. The Morgan fingerprint density at radius 2 is 1.84 bits per heavy atom. The molecule has 1 aliphatic rings. The number of benzene rings is 2. The van der Waals surface area contributed by atoms with Crippen LogP contribution in [0.25, 0.3) is 11.1 Å². The van der Waals surface area contributed by atoms with Crippen molar-refractivity contribution in [2.24, 2.45) is 0 Å². The first kappa shape index (κ1) is 11.9. The van der Waals surface area contributed by atoms with E-state index in [4.69, 9.17) is 4.43 Å². The van der Waals surface area contributed by atoms with Crippen molar-refractivity contribution < 1.29 is 9.35 Å². The maximum atomic E-state index is 10.9. The van der Waals surface area contributed by atoms with E-state index in [1.807, 2.05) is 18.2 Å². The lowest BCUT2D eigenvalue weighted by Crippen LogP contribution is -2.50. The van der Waals surface area contributed by atoms with Crippen LogP contribution >= 0.6 is 0 Å². The topological polar surface area (TPSA) is 52.4 Å². The summed E-state index contributed by atoms with van der Waals surface area (Å²) in [5, 5.41) is 12.1. The SMILES string of the molecule is C[Si]1(C)Oc2ccc([N+](=O)[O-])cc2-c2ccccc21. The molecule has 2 aromatic rings. The third-order valence-electron chi connectivity index (χ3n) is 3.40. The van der Waals surface area contributed by atoms with Crippen molar-refractivity contribution in [2.75, 3.05) is 0 Å². The second kappa shape index (κ2) is 3.93. The first-order valence-electron chi connectivity index (χ1n) is 6.06. The predicted molar refractivity (Wildman–Crippen MR) is 76.3 cm³/mol. The summed E-state index contributed by atoms with van der Waals surface area (Å²) in [6.45, 7) is 4.27. The highest BCUT2D eigenvalue weighted by atomic mass is 28.4. The van der Waals surface area contributed by atoms with Crippen LogP contribution in [-0.4, -0.2) is 13.2 Å². The van der Waals surface area contributed by atoms with Crippen molar-refractivity contribution in [1.29, 1.82) is 0 Å². The molecule has 0 spiro atoms. The Hall–Kier alpha value is -2.14. The lowest BCUT2D eigenvalue weighted by Gasteiger charge is -2.32. The van der Waals surface area contributed by atoms with E-state index in [1.54, 1.807) is 12.1 Å². The molecular formula is C14H13NO3Si. The third kappa shape index (κ3) is 1.82.